The molecular weight excluding hydrogens is 302 g/mol. The summed E-state index contributed by atoms with van der Waals surface area (Å²) < 4.78 is 5.40. The zero-order chi connectivity index (χ0) is 16.8. The van der Waals surface area contributed by atoms with Crippen molar-refractivity contribution in [3.05, 3.63) is 28.6 Å². The Labute approximate surface area is 132 Å². The number of carbonyl (C=O) groups is 2. The van der Waals surface area contributed by atoms with E-state index in [0.29, 0.717) is 12.1 Å². The summed E-state index contributed by atoms with van der Waals surface area (Å²) in [6.07, 6.45) is 2.52. The summed E-state index contributed by atoms with van der Waals surface area (Å²) in [4.78, 5) is 35.0. The van der Waals surface area contributed by atoms with Crippen molar-refractivity contribution in [1.29, 1.82) is 0 Å². The number of amides is 1. The summed E-state index contributed by atoms with van der Waals surface area (Å²) in [6.45, 7) is 2.57. The van der Waals surface area contributed by atoms with Crippen LogP contribution >= 0.6 is 0 Å². The molecule has 0 radical (unpaired) electrons. The molecule has 3 N–H and O–H groups in total. The van der Waals surface area contributed by atoms with Gasteiger partial charge in [0.1, 0.15) is 11.1 Å². The Morgan fingerprint density at radius 1 is 1.30 bits per heavy atom. The Hall–Kier alpha value is -2.77. The Morgan fingerprint density at radius 3 is 2.78 bits per heavy atom. The number of unbranched alkanes of at least 4 members (excludes halogenated alkanes) is 3. The second-order valence-electron chi connectivity index (χ2n) is 5.09. The summed E-state index contributed by atoms with van der Waals surface area (Å²) in [5, 5.41) is 14.0. The highest BCUT2D eigenvalue weighted by atomic mass is 16.7. The van der Waals surface area contributed by atoms with Crippen LogP contribution in [0.4, 0.5) is 9.59 Å². The van der Waals surface area contributed by atoms with Crippen LogP contribution < -0.4 is 15.6 Å². The minimum Gasteiger partial charge on any atom is -0.449 e. The zero-order valence-corrected chi connectivity index (χ0v) is 12.8. The second kappa shape index (κ2) is 7.48. The molecule has 124 valence electrons. The predicted octanol–water partition coefficient (Wildman–Crippen LogP) is 2.52. The van der Waals surface area contributed by atoms with Crippen LogP contribution in [0.5, 0.6) is 5.75 Å². The minimum atomic E-state index is -1.52. The average Bonchev–Trinajstić information content (AvgIpc) is 2.84. The first-order valence-electron chi connectivity index (χ1n) is 7.47. The number of aromatic amines is 1. The van der Waals surface area contributed by atoms with Crippen molar-refractivity contribution in [2.24, 2.45) is 0 Å². The Balaban J connectivity index is 2.18. The molecule has 2 rings (SSSR count). The molecule has 2 aromatic rings. The monoisotopic (exact) mass is 321 g/mol. The molecule has 0 saturated carbocycles. The number of fused-ring (bicyclic) bond motifs is 1. The number of nitrogens with one attached hydrogen (secondary N) is 2. The first-order chi connectivity index (χ1) is 11.0. The van der Waals surface area contributed by atoms with Gasteiger partial charge in [-0.05, 0) is 18.6 Å². The van der Waals surface area contributed by atoms with Crippen LogP contribution in [0.2, 0.25) is 0 Å². The predicted molar refractivity (Wildman–Crippen MR) is 84.2 cm³/mol. The highest BCUT2D eigenvalue weighted by molar-refractivity contribution is 5.89. The van der Waals surface area contributed by atoms with Gasteiger partial charge in [0.2, 0.25) is 0 Å². The van der Waals surface area contributed by atoms with E-state index < -0.39 is 17.7 Å². The molecule has 1 heterocycles. The molecule has 0 spiro atoms. The van der Waals surface area contributed by atoms with E-state index in [4.69, 9.17) is 5.11 Å². The van der Waals surface area contributed by atoms with Crippen LogP contribution in [0, 0.1) is 0 Å². The van der Waals surface area contributed by atoms with Crippen molar-refractivity contribution in [2.45, 2.75) is 32.6 Å². The van der Waals surface area contributed by atoms with Crippen LogP contribution in [-0.2, 0) is 0 Å². The number of ether oxygens (including phenoxy) is 1. The lowest BCUT2D eigenvalue weighted by atomic mass is 10.2. The standard InChI is InChI=1S/C15H19N3O5/c1-2-3-4-5-9-16-14(20)18-13(19)12-10(17-18)7-6-8-11(12)23-15(21)22/h6-8,17H,2-5,9H2,1H3,(H,16,20)(H,21,22). The molecule has 1 amide bonds. The summed E-state index contributed by atoms with van der Waals surface area (Å²) >= 11 is 0. The quantitative estimate of drug-likeness (QED) is 0.430. The molecule has 0 fully saturated rings. The van der Waals surface area contributed by atoms with E-state index in [1.54, 1.807) is 6.07 Å². The van der Waals surface area contributed by atoms with Crippen molar-refractivity contribution < 1.29 is 19.4 Å². The van der Waals surface area contributed by atoms with Crippen molar-refractivity contribution in [1.82, 2.24) is 15.1 Å². The SMILES string of the molecule is CCCCCCNC(=O)n1[nH]c2cccc(OC(=O)O)c2c1=O. The van der Waals surface area contributed by atoms with Crippen molar-refractivity contribution in [2.75, 3.05) is 6.54 Å². The summed E-state index contributed by atoms with van der Waals surface area (Å²) in [7, 11) is 0. The third kappa shape index (κ3) is 3.91. The number of carbonyl (C=O) groups excluding carboxylic acids is 1. The van der Waals surface area contributed by atoms with Gasteiger partial charge in [-0.25, -0.2) is 9.59 Å². The molecule has 0 aliphatic carbocycles. The van der Waals surface area contributed by atoms with Gasteiger partial charge in [-0.3, -0.25) is 9.89 Å². The van der Waals surface area contributed by atoms with Crippen LogP contribution in [0.25, 0.3) is 10.9 Å². The molecule has 0 aliphatic rings. The summed E-state index contributed by atoms with van der Waals surface area (Å²) in [5.74, 6) is -0.106. The van der Waals surface area contributed by atoms with Crippen molar-refractivity contribution >= 4 is 23.1 Å². The average molecular weight is 321 g/mol. The number of carboxylic acid groups (broad SMARTS) is 1. The number of rotatable bonds is 6. The summed E-state index contributed by atoms with van der Waals surface area (Å²) in [6, 6.07) is 3.88. The van der Waals surface area contributed by atoms with Gasteiger partial charge in [0.05, 0.1) is 5.52 Å². The van der Waals surface area contributed by atoms with E-state index >= 15 is 0 Å². The van der Waals surface area contributed by atoms with E-state index in [1.165, 1.54) is 12.1 Å². The number of benzene rings is 1. The molecule has 1 aromatic heterocycles. The topological polar surface area (TPSA) is 113 Å². The fourth-order valence-electron chi connectivity index (χ4n) is 2.28. The zero-order valence-electron chi connectivity index (χ0n) is 12.8. The van der Waals surface area contributed by atoms with E-state index in [1.807, 2.05) is 0 Å². The molecule has 8 nitrogen and oxygen atoms in total. The molecule has 0 unspecified atom stereocenters. The molecule has 0 bridgehead atoms. The van der Waals surface area contributed by atoms with Crippen molar-refractivity contribution in [3.8, 4) is 5.75 Å². The molecule has 8 heteroatoms. The molecule has 23 heavy (non-hydrogen) atoms. The Bertz CT molecular complexity index is 762. The van der Waals surface area contributed by atoms with Crippen LogP contribution in [0.1, 0.15) is 32.6 Å². The molecule has 0 atom stereocenters. The third-order valence-corrected chi connectivity index (χ3v) is 3.38. The number of H-pyrrole nitrogens is 1. The fraction of sp³-hybridized carbons (Fsp3) is 0.400. The van der Waals surface area contributed by atoms with Crippen LogP contribution in [0.15, 0.2) is 23.0 Å². The lowest BCUT2D eigenvalue weighted by Gasteiger charge is -2.04. The number of aromatic nitrogens is 2. The molecule has 1 aromatic carbocycles. The minimum absolute atomic E-state index is 0.0241. The summed E-state index contributed by atoms with van der Waals surface area (Å²) in [5.41, 5.74) is -0.321. The van der Waals surface area contributed by atoms with Gasteiger partial charge in [0, 0.05) is 6.54 Å². The smallest absolute Gasteiger partial charge is 0.449 e. The van der Waals surface area contributed by atoms with Crippen molar-refractivity contribution in [3.63, 3.8) is 0 Å². The number of nitrogens with zero attached hydrogens (tertiary/aromatic N) is 1. The largest absolute Gasteiger partial charge is 0.511 e. The Morgan fingerprint density at radius 2 is 2.09 bits per heavy atom. The Kier molecular flexibility index (Phi) is 5.40. The molecular formula is C15H19N3O5. The number of hydrogen-bond donors (Lipinski definition) is 3. The van der Waals surface area contributed by atoms with Crippen LogP contribution in [0.3, 0.4) is 0 Å². The van der Waals surface area contributed by atoms with Gasteiger partial charge in [-0.1, -0.05) is 32.3 Å². The highest BCUT2D eigenvalue weighted by Crippen LogP contribution is 2.21. The second-order valence-corrected chi connectivity index (χ2v) is 5.09. The maximum Gasteiger partial charge on any atom is 0.511 e. The lowest BCUT2D eigenvalue weighted by molar-refractivity contribution is 0.145. The molecule has 0 aliphatic heterocycles. The van der Waals surface area contributed by atoms with Gasteiger partial charge in [0.15, 0.2) is 0 Å². The van der Waals surface area contributed by atoms with Gasteiger partial charge < -0.3 is 15.2 Å². The van der Waals surface area contributed by atoms with Crippen LogP contribution in [-0.4, -0.2) is 33.6 Å². The van der Waals surface area contributed by atoms with Gasteiger partial charge in [-0.15, -0.1) is 0 Å². The van der Waals surface area contributed by atoms with Gasteiger partial charge >= 0.3 is 12.2 Å². The third-order valence-electron chi connectivity index (χ3n) is 3.38. The van der Waals surface area contributed by atoms with E-state index in [-0.39, 0.29) is 11.1 Å². The maximum atomic E-state index is 12.3. The van der Waals surface area contributed by atoms with E-state index in [2.05, 4.69) is 22.1 Å². The van der Waals surface area contributed by atoms with E-state index in [9.17, 15) is 14.4 Å². The lowest BCUT2D eigenvalue weighted by Crippen LogP contribution is -2.35. The normalized spacial score (nSPS) is 10.7. The van der Waals surface area contributed by atoms with E-state index in [0.717, 1.165) is 30.4 Å². The molecule has 0 saturated heterocycles. The van der Waals surface area contributed by atoms with Gasteiger partial charge in [-0.2, -0.15) is 4.68 Å². The first-order valence-corrected chi connectivity index (χ1v) is 7.47. The maximum absolute atomic E-state index is 12.3. The fourth-order valence-corrected chi connectivity index (χ4v) is 2.28. The number of hydrogen-bond acceptors (Lipinski definition) is 4. The van der Waals surface area contributed by atoms with Gasteiger partial charge in [0.25, 0.3) is 5.56 Å². The highest BCUT2D eigenvalue weighted by Gasteiger charge is 2.17. The first kappa shape index (κ1) is 16.6.